The number of carbonyl (C=O) groups excluding carboxylic acids is 1. The molecule has 2 aromatic carbocycles. The SMILES string of the molecule is CC(=O)N[C@@H](Cc1ccc(N)cc1)c1nnc(-c2ccc(C)cc2F)s1. The van der Waals surface area contributed by atoms with Gasteiger partial charge in [0.05, 0.1) is 6.04 Å². The summed E-state index contributed by atoms with van der Waals surface area (Å²) in [6.07, 6.45) is 0.547. The van der Waals surface area contributed by atoms with Crippen molar-refractivity contribution in [2.45, 2.75) is 26.3 Å². The Morgan fingerprint density at radius 1 is 1.23 bits per heavy atom. The van der Waals surface area contributed by atoms with Gasteiger partial charge < -0.3 is 11.1 Å². The minimum atomic E-state index is -0.337. The fraction of sp³-hybridized carbons (Fsp3) is 0.211. The van der Waals surface area contributed by atoms with Crippen molar-refractivity contribution in [1.82, 2.24) is 15.5 Å². The molecule has 0 saturated heterocycles. The minimum absolute atomic E-state index is 0.163. The molecule has 0 aliphatic heterocycles. The molecule has 0 aliphatic rings. The quantitative estimate of drug-likeness (QED) is 0.672. The number of amides is 1. The van der Waals surface area contributed by atoms with E-state index >= 15 is 0 Å². The fourth-order valence-corrected chi connectivity index (χ4v) is 3.53. The molecule has 3 rings (SSSR count). The van der Waals surface area contributed by atoms with Gasteiger partial charge in [0.1, 0.15) is 10.8 Å². The Balaban J connectivity index is 1.88. The summed E-state index contributed by atoms with van der Waals surface area (Å²) in [4.78, 5) is 11.6. The lowest BCUT2D eigenvalue weighted by atomic mass is 10.1. The van der Waals surface area contributed by atoms with Gasteiger partial charge in [0, 0.05) is 18.2 Å². The standard InChI is InChI=1S/C19H19FN4OS/c1-11-3-8-15(16(20)9-11)18-23-24-19(26-18)17(22-12(2)25)10-13-4-6-14(21)7-5-13/h3-9,17H,10,21H2,1-2H3,(H,22,25)/t17-/m0/s1. The molecule has 1 amide bonds. The van der Waals surface area contributed by atoms with Gasteiger partial charge in [0.2, 0.25) is 5.91 Å². The summed E-state index contributed by atoms with van der Waals surface area (Å²) < 4.78 is 14.2. The Kier molecular flexibility index (Phi) is 5.27. The van der Waals surface area contributed by atoms with E-state index in [4.69, 9.17) is 5.73 Å². The normalized spacial score (nSPS) is 12.0. The number of nitrogens with zero attached hydrogens (tertiary/aromatic N) is 2. The number of anilines is 1. The highest BCUT2D eigenvalue weighted by Crippen LogP contribution is 2.30. The van der Waals surface area contributed by atoms with Gasteiger partial charge in [-0.05, 0) is 48.7 Å². The van der Waals surface area contributed by atoms with E-state index in [1.807, 2.05) is 37.3 Å². The van der Waals surface area contributed by atoms with Crippen molar-refractivity contribution in [2.75, 3.05) is 5.73 Å². The lowest BCUT2D eigenvalue weighted by Gasteiger charge is -2.15. The van der Waals surface area contributed by atoms with E-state index in [9.17, 15) is 9.18 Å². The summed E-state index contributed by atoms with van der Waals surface area (Å²) >= 11 is 1.28. The summed E-state index contributed by atoms with van der Waals surface area (Å²) in [5.41, 5.74) is 8.66. The van der Waals surface area contributed by atoms with Crippen LogP contribution >= 0.6 is 11.3 Å². The van der Waals surface area contributed by atoms with Gasteiger partial charge in [-0.2, -0.15) is 0 Å². The summed E-state index contributed by atoms with van der Waals surface area (Å²) in [5.74, 6) is -0.494. The summed E-state index contributed by atoms with van der Waals surface area (Å²) in [6, 6.07) is 12.1. The fourth-order valence-electron chi connectivity index (χ4n) is 2.61. The van der Waals surface area contributed by atoms with Gasteiger partial charge in [-0.1, -0.05) is 29.5 Å². The molecule has 5 nitrogen and oxygen atoms in total. The van der Waals surface area contributed by atoms with Crippen LogP contribution < -0.4 is 11.1 Å². The third kappa shape index (κ3) is 4.23. The molecule has 134 valence electrons. The van der Waals surface area contributed by atoms with Gasteiger partial charge in [-0.15, -0.1) is 10.2 Å². The van der Waals surface area contributed by atoms with Crippen molar-refractivity contribution in [3.05, 3.63) is 64.4 Å². The van der Waals surface area contributed by atoms with E-state index < -0.39 is 0 Å². The van der Waals surface area contributed by atoms with Gasteiger partial charge in [0.15, 0.2) is 5.01 Å². The maximum absolute atomic E-state index is 14.2. The van der Waals surface area contributed by atoms with Crippen LogP contribution in [0.3, 0.4) is 0 Å². The van der Waals surface area contributed by atoms with E-state index in [0.29, 0.717) is 27.7 Å². The Hall–Kier alpha value is -2.80. The molecule has 0 bridgehead atoms. The highest BCUT2D eigenvalue weighted by molar-refractivity contribution is 7.14. The summed E-state index contributed by atoms with van der Waals surface area (Å²) in [6.45, 7) is 3.29. The van der Waals surface area contributed by atoms with Crippen molar-refractivity contribution in [2.24, 2.45) is 0 Å². The Morgan fingerprint density at radius 3 is 2.62 bits per heavy atom. The maximum Gasteiger partial charge on any atom is 0.217 e. The largest absolute Gasteiger partial charge is 0.399 e. The molecule has 0 aliphatic carbocycles. The molecular weight excluding hydrogens is 351 g/mol. The van der Waals surface area contributed by atoms with Crippen molar-refractivity contribution in [3.8, 4) is 10.6 Å². The predicted molar refractivity (Wildman–Crippen MR) is 101 cm³/mol. The van der Waals surface area contributed by atoms with E-state index in [1.54, 1.807) is 6.07 Å². The Bertz CT molecular complexity index is 924. The lowest BCUT2D eigenvalue weighted by molar-refractivity contribution is -0.119. The predicted octanol–water partition coefficient (Wildman–Crippen LogP) is 3.65. The number of nitrogen functional groups attached to an aromatic ring is 1. The molecule has 1 atom stereocenters. The first-order chi connectivity index (χ1) is 12.4. The zero-order chi connectivity index (χ0) is 18.7. The Morgan fingerprint density at radius 2 is 1.96 bits per heavy atom. The number of aryl methyl sites for hydroxylation is 1. The van der Waals surface area contributed by atoms with Crippen molar-refractivity contribution in [3.63, 3.8) is 0 Å². The number of carbonyl (C=O) groups is 1. The number of halogens is 1. The number of aromatic nitrogens is 2. The highest BCUT2D eigenvalue weighted by atomic mass is 32.1. The molecule has 0 unspecified atom stereocenters. The summed E-state index contributed by atoms with van der Waals surface area (Å²) in [7, 11) is 0. The average Bonchev–Trinajstić information content (AvgIpc) is 3.05. The molecule has 1 heterocycles. The van der Waals surface area contributed by atoms with Crippen LogP contribution in [-0.2, 0) is 11.2 Å². The van der Waals surface area contributed by atoms with E-state index in [1.165, 1.54) is 24.3 Å². The molecule has 0 fully saturated rings. The van der Waals surface area contributed by atoms with Crippen LogP contribution in [0.15, 0.2) is 42.5 Å². The van der Waals surface area contributed by atoms with Crippen LogP contribution in [0.2, 0.25) is 0 Å². The molecule has 0 radical (unpaired) electrons. The Labute approximate surface area is 155 Å². The van der Waals surface area contributed by atoms with Crippen molar-refractivity contribution < 1.29 is 9.18 Å². The van der Waals surface area contributed by atoms with Crippen LogP contribution in [0.25, 0.3) is 10.6 Å². The molecule has 0 saturated carbocycles. The number of nitrogens with two attached hydrogens (primary N) is 1. The summed E-state index contributed by atoms with van der Waals surface area (Å²) in [5, 5.41) is 12.3. The van der Waals surface area contributed by atoms with E-state index in [0.717, 1.165) is 11.1 Å². The topological polar surface area (TPSA) is 80.9 Å². The monoisotopic (exact) mass is 370 g/mol. The zero-order valence-corrected chi connectivity index (χ0v) is 15.3. The second-order valence-corrected chi connectivity index (χ2v) is 7.14. The van der Waals surface area contributed by atoms with E-state index in [-0.39, 0.29) is 17.8 Å². The smallest absolute Gasteiger partial charge is 0.217 e. The molecule has 0 spiro atoms. The molecule has 7 heteroatoms. The second kappa shape index (κ2) is 7.61. The van der Waals surface area contributed by atoms with Gasteiger partial charge in [0.25, 0.3) is 0 Å². The molecular formula is C19H19FN4OS. The number of nitrogens with one attached hydrogen (secondary N) is 1. The molecule has 26 heavy (non-hydrogen) atoms. The third-order valence-electron chi connectivity index (χ3n) is 3.89. The highest BCUT2D eigenvalue weighted by Gasteiger charge is 2.20. The first-order valence-electron chi connectivity index (χ1n) is 8.14. The zero-order valence-electron chi connectivity index (χ0n) is 14.5. The van der Waals surface area contributed by atoms with Crippen LogP contribution in [0.4, 0.5) is 10.1 Å². The third-order valence-corrected chi connectivity index (χ3v) is 4.96. The van der Waals surface area contributed by atoms with Crippen LogP contribution in [0.5, 0.6) is 0 Å². The first-order valence-corrected chi connectivity index (χ1v) is 8.95. The number of hydrogen-bond donors (Lipinski definition) is 2. The van der Waals surface area contributed by atoms with Gasteiger partial charge in [-0.25, -0.2) is 4.39 Å². The minimum Gasteiger partial charge on any atom is -0.399 e. The van der Waals surface area contributed by atoms with Gasteiger partial charge in [-0.3, -0.25) is 4.79 Å². The first kappa shape index (κ1) is 18.0. The van der Waals surface area contributed by atoms with Crippen molar-refractivity contribution >= 4 is 22.9 Å². The number of hydrogen-bond acceptors (Lipinski definition) is 5. The lowest BCUT2D eigenvalue weighted by Crippen LogP contribution is -2.27. The van der Waals surface area contributed by atoms with Crippen LogP contribution in [0.1, 0.15) is 29.1 Å². The molecule has 1 aromatic heterocycles. The van der Waals surface area contributed by atoms with Crippen LogP contribution in [-0.4, -0.2) is 16.1 Å². The number of benzene rings is 2. The number of rotatable bonds is 5. The molecule has 3 N–H and O–H groups in total. The molecule has 3 aromatic rings. The maximum atomic E-state index is 14.2. The van der Waals surface area contributed by atoms with Crippen LogP contribution in [0, 0.1) is 12.7 Å². The van der Waals surface area contributed by atoms with E-state index in [2.05, 4.69) is 15.5 Å². The van der Waals surface area contributed by atoms with Gasteiger partial charge >= 0.3 is 0 Å². The van der Waals surface area contributed by atoms with Crippen molar-refractivity contribution in [1.29, 1.82) is 0 Å². The second-order valence-electron chi connectivity index (χ2n) is 6.13. The average molecular weight is 370 g/mol.